The highest BCUT2D eigenvalue weighted by Crippen LogP contribution is 2.18. The summed E-state index contributed by atoms with van der Waals surface area (Å²) in [6.45, 7) is 0. The quantitative estimate of drug-likeness (QED) is 0.720. The number of rotatable bonds is 9. The van der Waals surface area contributed by atoms with Crippen LogP contribution in [0, 0.1) is 0 Å². The van der Waals surface area contributed by atoms with Crippen LogP contribution in [-0.2, 0) is 16.3 Å². The van der Waals surface area contributed by atoms with E-state index in [2.05, 4.69) is 9.97 Å². The highest BCUT2D eigenvalue weighted by atomic mass is 32.2. The number of hydrogen-bond acceptors (Lipinski definition) is 4. The molecule has 0 unspecified atom stereocenters. The molecule has 0 fully saturated rings. The predicted octanol–water partition coefficient (Wildman–Crippen LogP) is 3.00. The molecule has 120 valence electrons. The Balaban J connectivity index is 1.70. The van der Waals surface area contributed by atoms with Gasteiger partial charge in [-0.3, -0.25) is 0 Å². The number of sulfone groups is 1. The molecule has 0 radical (unpaired) electrons. The summed E-state index contributed by atoms with van der Waals surface area (Å²) in [6.07, 6.45) is 8.11. The summed E-state index contributed by atoms with van der Waals surface area (Å²) in [4.78, 5) is 7.60. The summed E-state index contributed by atoms with van der Waals surface area (Å²) in [5.41, 5.74) is 0. The van der Waals surface area contributed by atoms with Gasteiger partial charge in [-0.05, 0) is 37.1 Å². The number of methoxy groups -OCH3 is 1. The Labute approximate surface area is 131 Å². The van der Waals surface area contributed by atoms with Crippen molar-refractivity contribution in [3.05, 3.63) is 42.5 Å². The van der Waals surface area contributed by atoms with Crippen LogP contribution in [0.1, 0.15) is 31.5 Å². The molecule has 0 aliphatic carbocycles. The summed E-state index contributed by atoms with van der Waals surface area (Å²) in [5.74, 6) is 1.85. The number of aryl methyl sites for hydroxylation is 1. The molecule has 0 aliphatic heterocycles. The molecule has 0 aliphatic rings. The van der Waals surface area contributed by atoms with Crippen molar-refractivity contribution in [3.8, 4) is 5.75 Å². The zero-order valence-corrected chi connectivity index (χ0v) is 13.6. The van der Waals surface area contributed by atoms with Gasteiger partial charge in [0.2, 0.25) is 0 Å². The number of aromatic amines is 1. The third kappa shape index (κ3) is 4.87. The molecule has 0 saturated carbocycles. The molecule has 0 atom stereocenters. The second kappa shape index (κ2) is 7.98. The summed E-state index contributed by atoms with van der Waals surface area (Å²) < 4.78 is 29.4. The van der Waals surface area contributed by atoms with Crippen molar-refractivity contribution >= 4 is 9.84 Å². The van der Waals surface area contributed by atoms with E-state index in [0.717, 1.165) is 31.5 Å². The number of ether oxygens (including phenoxy) is 1. The van der Waals surface area contributed by atoms with E-state index in [9.17, 15) is 8.42 Å². The molecule has 2 rings (SSSR count). The number of unbranched alkanes of at least 4 members (excludes halogenated alkanes) is 3. The second-order valence-corrected chi connectivity index (χ2v) is 7.30. The lowest BCUT2D eigenvalue weighted by Crippen LogP contribution is -2.06. The third-order valence-corrected chi connectivity index (χ3v) is 5.37. The maximum absolute atomic E-state index is 12.2. The zero-order valence-electron chi connectivity index (χ0n) is 12.8. The van der Waals surface area contributed by atoms with Gasteiger partial charge in [0.05, 0.1) is 17.8 Å². The lowest BCUT2D eigenvalue weighted by atomic mass is 10.1. The van der Waals surface area contributed by atoms with Crippen LogP contribution >= 0.6 is 0 Å². The normalized spacial score (nSPS) is 11.5. The first-order valence-corrected chi connectivity index (χ1v) is 9.12. The number of aromatic nitrogens is 2. The Morgan fingerprint density at radius 1 is 1.09 bits per heavy atom. The summed E-state index contributed by atoms with van der Waals surface area (Å²) in [5, 5.41) is 0. The minimum atomic E-state index is -3.19. The predicted molar refractivity (Wildman–Crippen MR) is 85.8 cm³/mol. The molecule has 0 saturated heterocycles. The van der Waals surface area contributed by atoms with E-state index in [1.165, 1.54) is 0 Å². The molecule has 1 heterocycles. The van der Waals surface area contributed by atoms with Crippen molar-refractivity contribution in [2.24, 2.45) is 0 Å². The molecule has 5 nitrogen and oxygen atoms in total. The maximum Gasteiger partial charge on any atom is 0.178 e. The highest BCUT2D eigenvalue weighted by Gasteiger charge is 2.13. The van der Waals surface area contributed by atoms with Crippen LogP contribution in [0.15, 0.2) is 41.6 Å². The van der Waals surface area contributed by atoms with Gasteiger partial charge in [0.25, 0.3) is 0 Å². The van der Waals surface area contributed by atoms with Crippen LogP contribution in [0.2, 0.25) is 0 Å². The van der Waals surface area contributed by atoms with E-state index in [1.807, 2.05) is 6.20 Å². The van der Waals surface area contributed by atoms with Crippen LogP contribution in [-0.4, -0.2) is 31.2 Å². The van der Waals surface area contributed by atoms with Crippen LogP contribution in [0.3, 0.4) is 0 Å². The largest absolute Gasteiger partial charge is 0.497 e. The molecule has 0 spiro atoms. The van der Waals surface area contributed by atoms with Crippen molar-refractivity contribution in [2.75, 3.05) is 12.9 Å². The Kier molecular flexibility index (Phi) is 6.00. The van der Waals surface area contributed by atoms with Crippen molar-refractivity contribution < 1.29 is 13.2 Å². The van der Waals surface area contributed by atoms with Gasteiger partial charge >= 0.3 is 0 Å². The summed E-state index contributed by atoms with van der Waals surface area (Å²) >= 11 is 0. The van der Waals surface area contributed by atoms with Gasteiger partial charge in [-0.1, -0.05) is 12.8 Å². The standard InChI is InChI=1S/C16H22N2O3S/c1-21-14-7-9-15(10-8-14)22(19,20)13-5-3-2-4-6-16-17-11-12-18-16/h7-12H,2-6,13H2,1H3,(H,17,18). The lowest BCUT2D eigenvalue weighted by molar-refractivity contribution is 0.414. The van der Waals surface area contributed by atoms with Crippen molar-refractivity contribution in [1.29, 1.82) is 0 Å². The smallest absolute Gasteiger partial charge is 0.178 e. The van der Waals surface area contributed by atoms with Crippen LogP contribution in [0.5, 0.6) is 5.75 Å². The van der Waals surface area contributed by atoms with Gasteiger partial charge < -0.3 is 9.72 Å². The topological polar surface area (TPSA) is 72.1 Å². The van der Waals surface area contributed by atoms with Gasteiger partial charge in [0.15, 0.2) is 9.84 Å². The zero-order chi connectivity index (χ0) is 15.8. The highest BCUT2D eigenvalue weighted by molar-refractivity contribution is 7.91. The van der Waals surface area contributed by atoms with E-state index in [0.29, 0.717) is 17.1 Å². The first-order chi connectivity index (χ1) is 10.6. The molecule has 1 aromatic carbocycles. The molecule has 22 heavy (non-hydrogen) atoms. The van der Waals surface area contributed by atoms with Crippen LogP contribution in [0.25, 0.3) is 0 Å². The number of H-pyrrole nitrogens is 1. The lowest BCUT2D eigenvalue weighted by Gasteiger charge is -2.06. The average Bonchev–Trinajstić information content (AvgIpc) is 3.04. The van der Waals surface area contributed by atoms with Gasteiger partial charge in [0, 0.05) is 18.8 Å². The van der Waals surface area contributed by atoms with E-state index < -0.39 is 9.84 Å². The van der Waals surface area contributed by atoms with Gasteiger partial charge in [-0.15, -0.1) is 0 Å². The molecular formula is C16H22N2O3S. The minimum Gasteiger partial charge on any atom is -0.497 e. The van der Waals surface area contributed by atoms with E-state index in [-0.39, 0.29) is 5.75 Å². The molecule has 0 bridgehead atoms. The summed E-state index contributed by atoms with van der Waals surface area (Å²) in [7, 11) is -1.63. The van der Waals surface area contributed by atoms with E-state index >= 15 is 0 Å². The van der Waals surface area contributed by atoms with Crippen LogP contribution in [0.4, 0.5) is 0 Å². The van der Waals surface area contributed by atoms with Crippen molar-refractivity contribution in [2.45, 2.75) is 37.0 Å². The maximum atomic E-state index is 12.2. The van der Waals surface area contributed by atoms with Crippen molar-refractivity contribution in [1.82, 2.24) is 9.97 Å². The second-order valence-electron chi connectivity index (χ2n) is 5.19. The van der Waals surface area contributed by atoms with Crippen LogP contribution < -0.4 is 4.74 Å². The Bertz CT molecular complexity index is 649. The van der Waals surface area contributed by atoms with Gasteiger partial charge in [-0.2, -0.15) is 0 Å². The number of nitrogens with zero attached hydrogens (tertiary/aromatic N) is 1. The fourth-order valence-electron chi connectivity index (χ4n) is 2.27. The van der Waals surface area contributed by atoms with Crippen molar-refractivity contribution in [3.63, 3.8) is 0 Å². The first kappa shape index (κ1) is 16.5. The number of hydrogen-bond donors (Lipinski definition) is 1. The molecule has 0 amide bonds. The van der Waals surface area contributed by atoms with E-state index in [1.54, 1.807) is 37.6 Å². The molecule has 2 aromatic rings. The minimum absolute atomic E-state index is 0.195. The van der Waals surface area contributed by atoms with Gasteiger partial charge in [-0.25, -0.2) is 13.4 Å². The Morgan fingerprint density at radius 3 is 2.45 bits per heavy atom. The molecule has 6 heteroatoms. The first-order valence-electron chi connectivity index (χ1n) is 7.47. The third-order valence-electron chi connectivity index (χ3n) is 3.55. The molecule has 1 aromatic heterocycles. The van der Waals surface area contributed by atoms with Gasteiger partial charge in [0.1, 0.15) is 11.6 Å². The Morgan fingerprint density at radius 2 is 1.82 bits per heavy atom. The molecular weight excluding hydrogens is 300 g/mol. The fourth-order valence-corrected chi connectivity index (χ4v) is 3.64. The summed E-state index contributed by atoms with van der Waals surface area (Å²) in [6, 6.07) is 6.56. The average molecular weight is 322 g/mol. The Hall–Kier alpha value is -1.82. The number of nitrogens with one attached hydrogen (secondary N) is 1. The number of imidazole rings is 1. The molecule has 1 N–H and O–H groups in total. The SMILES string of the molecule is COc1ccc(S(=O)(=O)CCCCCCc2ncc[nH]2)cc1. The monoisotopic (exact) mass is 322 g/mol. The number of benzene rings is 1. The van der Waals surface area contributed by atoms with E-state index in [4.69, 9.17) is 4.74 Å². The fraction of sp³-hybridized carbons (Fsp3) is 0.438.